The van der Waals surface area contributed by atoms with Crippen molar-refractivity contribution in [2.45, 2.75) is 52.5 Å². The van der Waals surface area contributed by atoms with Gasteiger partial charge in [0.05, 0.1) is 0 Å². The number of nitrogens with two attached hydrogens (primary N) is 1. The fourth-order valence-electron chi connectivity index (χ4n) is 2.80. The third-order valence-electron chi connectivity index (χ3n) is 4.00. The first-order chi connectivity index (χ1) is 7.97. The standard InChI is InChI=1S/C14H30N2S/c1-5-12(6-2)7-16-14(9-15)8-13(3,4)10-17-11-14/h12,16H,5-11,15H2,1-4H3. The van der Waals surface area contributed by atoms with Gasteiger partial charge >= 0.3 is 0 Å². The summed E-state index contributed by atoms with van der Waals surface area (Å²) in [5.41, 5.74) is 6.65. The second-order valence-corrected chi connectivity index (χ2v) is 7.37. The molecule has 1 heterocycles. The van der Waals surface area contributed by atoms with Gasteiger partial charge in [0.15, 0.2) is 0 Å². The maximum Gasteiger partial charge on any atom is 0.0400 e. The number of hydrogen-bond acceptors (Lipinski definition) is 3. The molecule has 17 heavy (non-hydrogen) atoms. The number of hydrogen-bond donors (Lipinski definition) is 2. The average molecular weight is 258 g/mol. The molecule has 3 N–H and O–H groups in total. The van der Waals surface area contributed by atoms with Gasteiger partial charge in [0.2, 0.25) is 0 Å². The molecule has 1 saturated heterocycles. The van der Waals surface area contributed by atoms with E-state index in [4.69, 9.17) is 5.73 Å². The molecule has 3 heteroatoms. The van der Waals surface area contributed by atoms with Crippen molar-refractivity contribution >= 4 is 11.8 Å². The quantitative estimate of drug-likeness (QED) is 0.769. The Kier molecular flexibility index (Phi) is 5.81. The van der Waals surface area contributed by atoms with Crippen molar-refractivity contribution in [1.82, 2.24) is 5.32 Å². The normalized spacial score (nSPS) is 28.6. The molecule has 0 amide bonds. The summed E-state index contributed by atoms with van der Waals surface area (Å²) in [5.74, 6) is 3.24. The molecule has 0 aromatic carbocycles. The molecule has 0 aromatic heterocycles. The Hall–Kier alpha value is 0.270. The van der Waals surface area contributed by atoms with Crippen LogP contribution in [0.5, 0.6) is 0 Å². The van der Waals surface area contributed by atoms with Crippen LogP contribution in [-0.2, 0) is 0 Å². The van der Waals surface area contributed by atoms with Crippen molar-refractivity contribution in [3.05, 3.63) is 0 Å². The van der Waals surface area contributed by atoms with Gasteiger partial charge in [-0.3, -0.25) is 0 Å². The third-order valence-corrected chi connectivity index (χ3v) is 5.74. The topological polar surface area (TPSA) is 38.0 Å². The Morgan fingerprint density at radius 1 is 1.24 bits per heavy atom. The summed E-state index contributed by atoms with van der Waals surface area (Å²) in [6.07, 6.45) is 3.74. The molecule has 1 aliphatic rings. The molecule has 2 nitrogen and oxygen atoms in total. The highest BCUT2D eigenvalue weighted by Gasteiger charge is 2.39. The Balaban J connectivity index is 2.56. The van der Waals surface area contributed by atoms with Gasteiger partial charge in [-0.2, -0.15) is 11.8 Å². The summed E-state index contributed by atoms with van der Waals surface area (Å²) in [6, 6.07) is 0. The van der Waals surface area contributed by atoms with E-state index in [-0.39, 0.29) is 5.54 Å². The lowest BCUT2D eigenvalue weighted by Crippen LogP contribution is -2.59. The van der Waals surface area contributed by atoms with Crippen LogP contribution in [0.3, 0.4) is 0 Å². The summed E-state index contributed by atoms with van der Waals surface area (Å²) in [6.45, 7) is 11.2. The molecule has 1 rings (SSSR count). The SMILES string of the molecule is CCC(CC)CNC1(CN)CSCC(C)(C)C1. The van der Waals surface area contributed by atoms with Crippen molar-refractivity contribution < 1.29 is 0 Å². The average Bonchev–Trinajstić information content (AvgIpc) is 2.29. The molecule has 1 aliphatic heterocycles. The first kappa shape index (κ1) is 15.3. The number of thioether (sulfide) groups is 1. The van der Waals surface area contributed by atoms with Crippen LogP contribution in [0.15, 0.2) is 0 Å². The van der Waals surface area contributed by atoms with Crippen LogP contribution in [-0.4, -0.2) is 30.1 Å². The Labute approximate surface area is 111 Å². The molecule has 1 unspecified atom stereocenters. The van der Waals surface area contributed by atoms with Crippen molar-refractivity contribution in [2.24, 2.45) is 17.1 Å². The molecular formula is C14H30N2S. The molecule has 0 aromatic rings. The summed E-state index contributed by atoms with van der Waals surface area (Å²) < 4.78 is 0. The Bertz CT molecular complexity index is 226. The number of rotatable bonds is 6. The van der Waals surface area contributed by atoms with E-state index in [2.05, 4.69) is 44.8 Å². The summed E-state index contributed by atoms with van der Waals surface area (Å²) in [5, 5.41) is 3.80. The maximum absolute atomic E-state index is 6.05. The fraction of sp³-hybridized carbons (Fsp3) is 1.00. The number of nitrogens with one attached hydrogen (secondary N) is 1. The van der Waals surface area contributed by atoms with Gasteiger partial charge < -0.3 is 11.1 Å². The van der Waals surface area contributed by atoms with Gasteiger partial charge in [-0.15, -0.1) is 0 Å². The van der Waals surface area contributed by atoms with E-state index >= 15 is 0 Å². The predicted octanol–water partition coefficient (Wildman–Crippen LogP) is 2.87. The van der Waals surface area contributed by atoms with E-state index < -0.39 is 0 Å². The van der Waals surface area contributed by atoms with E-state index in [9.17, 15) is 0 Å². The van der Waals surface area contributed by atoms with Crippen LogP contribution in [0.4, 0.5) is 0 Å². The fourth-order valence-corrected chi connectivity index (χ4v) is 4.27. The second kappa shape index (κ2) is 6.44. The molecule has 0 bridgehead atoms. The molecule has 102 valence electrons. The van der Waals surface area contributed by atoms with E-state index in [1.807, 2.05) is 0 Å². The largest absolute Gasteiger partial charge is 0.329 e. The third kappa shape index (κ3) is 4.46. The monoisotopic (exact) mass is 258 g/mol. The van der Waals surface area contributed by atoms with E-state index in [1.54, 1.807) is 0 Å². The van der Waals surface area contributed by atoms with Gasteiger partial charge in [0.1, 0.15) is 0 Å². The van der Waals surface area contributed by atoms with Crippen LogP contribution in [0.2, 0.25) is 0 Å². The second-order valence-electron chi connectivity index (χ2n) is 6.38. The van der Waals surface area contributed by atoms with Gasteiger partial charge in [-0.05, 0) is 30.1 Å². The summed E-state index contributed by atoms with van der Waals surface area (Å²) in [7, 11) is 0. The van der Waals surface area contributed by atoms with Gasteiger partial charge in [0, 0.05) is 17.8 Å². The molecule has 1 fully saturated rings. The maximum atomic E-state index is 6.05. The highest BCUT2D eigenvalue weighted by Crippen LogP contribution is 2.38. The molecule has 0 saturated carbocycles. The lowest BCUT2D eigenvalue weighted by Gasteiger charge is -2.45. The van der Waals surface area contributed by atoms with Crippen LogP contribution in [0, 0.1) is 11.3 Å². The van der Waals surface area contributed by atoms with Crippen LogP contribution in [0.1, 0.15) is 47.0 Å². The molecule has 1 atom stereocenters. The van der Waals surface area contributed by atoms with Gasteiger partial charge in [-0.25, -0.2) is 0 Å². The lowest BCUT2D eigenvalue weighted by molar-refractivity contribution is 0.217. The minimum Gasteiger partial charge on any atom is -0.329 e. The van der Waals surface area contributed by atoms with E-state index in [1.165, 1.54) is 30.8 Å². The smallest absolute Gasteiger partial charge is 0.0400 e. The lowest BCUT2D eigenvalue weighted by atomic mass is 9.79. The zero-order valence-electron chi connectivity index (χ0n) is 12.0. The van der Waals surface area contributed by atoms with Gasteiger partial charge in [0.25, 0.3) is 0 Å². The first-order valence-corrected chi connectivity index (χ1v) is 8.15. The minimum atomic E-state index is 0.176. The van der Waals surface area contributed by atoms with Crippen molar-refractivity contribution in [3.63, 3.8) is 0 Å². The summed E-state index contributed by atoms with van der Waals surface area (Å²) in [4.78, 5) is 0. The van der Waals surface area contributed by atoms with Crippen molar-refractivity contribution in [2.75, 3.05) is 24.6 Å². The molecule has 0 spiro atoms. The zero-order chi connectivity index (χ0) is 12.9. The van der Waals surface area contributed by atoms with Gasteiger partial charge in [-0.1, -0.05) is 40.5 Å². The van der Waals surface area contributed by atoms with Crippen LogP contribution in [0.25, 0.3) is 0 Å². The zero-order valence-corrected chi connectivity index (χ0v) is 12.8. The Morgan fingerprint density at radius 3 is 2.35 bits per heavy atom. The molecular weight excluding hydrogens is 228 g/mol. The van der Waals surface area contributed by atoms with Crippen molar-refractivity contribution in [1.29, 1.82) is 0 Å². The van der Waals surface area contributed by atoms with E-state index in [0.717, 1.165) is 19.0 Å². The molecule has 0 radical (unpaired) electrons. The van der Waals surface area contributed by atoms with Crippen LogP contribution >= 0.6 is 11.8 Å². The summed E-state index contributed by atoms with van der Waals surface area (Å²) >= 11 is 2.06. The highest BCUT2D eigenvalue weighted by atomic mass is 32.2. The minimum absolute atomic E-state index is 0.176. The Morgan fingerprint density at radius 2 is 1.88 bits per heavy atom. The first-order valence-electron chi connectivity index (χ1n) is 7.00. The van der Waals surface area contributed by atoms with Crippen molar-refractivity contribution in [3.8, 4) is 0 Å². The van der Waals surface area contributed by atoms with Crippen LogP contribution < -0.4 is 11.1 Å². The van der Waals surface area contributed by atoms with E-state index in [0.29, 0.717) is 5.41 Å². The highest BCUT2D eigenvalue weighted by molar-refractivity contribution is 7.99. The molecule has 0 aliphatic carbocycles. The predicted molar refractivity (Wildman–Crippen MR) is 79.6 cm³/mol.